The molecule has 138 valence electrons. The second-order valence-electron chi connectivity index (χ2n) is 5.98. The second kappa shape index (κ2) is 9.21. The van der Waals surface area contributed by atoms with Crippen LogP contribution in [0.5, 0.6) is 0 Å². The summed E-state index contributed by atoms with van der Waals surface area (Å²) in [5, 5.41) is 5.94. The summed E-state index contributed by atoms with van der Waals surface area (Å²) >= 11 is 0. The van der Waals surface area contributed by atoms with Gasteiger partial charge in [-0.15, -0.1) is 0 Å². The van der Waals surface area contributed by atoms with Gasteiger partial charge in [-0.25, -0.2) is 14.4 Å². The molecule has 0 bridgehead atoms. The summed E-state index contributed by atoms with van der Waals surface area (Å²) in [6.07, 6.45) is 2.96. The minimum atomic E-state index is -0.266. The Hall–Kier alpha value is -2.58. The van der Waals surface area contributed by atoms with Crippen molar-refractivity contribution in [2.75, 3.05) is 44.7 Å². The average Bonchev–Trinajstić information content (AvgIpc) is 2.69. The number of morpholine rings is 1. The SMILES string of the molecule is O=C(NCCN1CCOCC1)c1cnc(NCc2ccc(F)cc2)cn1. The summed E-state index contributed by atoms with van der Waals surface area (Å²) in [5.74, 6) is 0.0487. The van der Waals surface area contributed by atoms with Crippen LogP contribution in [-0.4, -0.2) is 60.2 Å². The fourth-order valence-electron chi connectivity index (χ4n) is 2.57. The van der Waals surface area contributed by atoms with E-state index < -0.39 is 0 Å². The van der Waals surface area contributed by atoms with Crippen molar-refractivity contribution in [2.24, 2.45) is 0 Å². The number of halogens is 1. The topological polar surface area (TPSA) is 79.4 Å². The van der Waals surface area contributed by atoms with E-state index in [4.69, 9.17) is 4.74 Å². The lowest BCUT2D eigenvalue weighted by Gasteiger charge is -2.26. The van der Waals surface area contributed by atoms with E-state index in [9.17, 15) is 9.18 Å². The Balaban J connectivity index is 1.42. The van der Waals surface area contributed by atoms with E-state index in [2.05, 4.69) is 25.5 Å². The molecule has 1 aromatic heterocycles. The Morgan fingerprint density at radius 2 is 1.92 bits per heavy atom. The number of anilines is 1. The van der Waals surface area contributed by atoms with Crippen molar-refractivity contribution in [3.05, 3.63) is 53.7 Å². The van der Waals surface area contributed by atoms with Crippen LogP contribution in [0.2, 0.25) is 0 Å². The van der Waals surface area contributed by atoms with Crippen molar-refractivity contribution in [3.63, 3.8) is 0 Å². The summed E-state index contributed by atoms with van der Waals surface area (Å²) < 4.78 is 18.2. The molecule has 1 fully saturated rings. The molecular weight excluding hydrogens is 337 g/mol. The quantitative estimate of drug-likeness (QED) is 0.776. The number of nitrogens with one attached hydrogen (secondary N) is 2. The third-order valence-corrected chi connectivity index (χ3v) is 4.09. The van der Waals surface area contributed by atoms with E-state index in [1.807, 2.05) is 0 Å². The highest BCUT2D eigenvalue weighted by molar-refractivity contribution is 5.91. The Labute approximate surface area is 151 Å². The molecule has 3 rings (SSSR count). The maximum atomic E-state index is 12.9. The first-order valence-corrected chi connectivity index (χ1v) is 8.59. The highest BCUT2D eigenvalue weighted by atomic mass is 19.1. The van der Waals surface area contributed by atoms with Gasteiger partial charge in [-0.3, -0.25) is 9.69 Å². The van der Waals surface area contributed by atoms with Crippen molar-refractivity contribution in [2.45, 2.75) is 6.54 Å². The van der Waals surface area contributed by atoms with Gasteiger partial charge in [0.1, 0.15) is 17.3 Å². The first-order chi connectivity index (χ1) is 12.7. The zero-order valence-electron chi connectivity index (χ0n) is 14.4. The number of aromatic nitrogens is 2. The molecule has 26 heavy (non-hydrogen) atoms. The molecule has 8 heteroatoms. The van der Waals surface area contributed by atoms with Gasteiger partial charge in [-0.2, -0.15) is 0 Å². The van der Waals surface area contributed by atoms with E-state index in [0.717, 1.165) is 38.4 Å². The van der Waals surface area contributed by atoms with E-state index in [-0.39, 0.29) is 17.4 Å². The lowest BCUT2D eigenvalue weighted by molar-refractivity contribution is 0.0383. The van der Waals surface area contributed by atoms with Gasteiger partial charge in [-0.1, -0.05) is 12.1 Å². The molecular formula is C18H22FN5O2. The van der Waals surface area contributed by atoms with Crippen molar-refractivity contribution < 1.29 is 13.9 Å². The molecule has 0 aliphatic carbocycles. The molecule has 0 spiro atoms. The fourth-order valence-corrected chi connectivity index (χ4v) is 2.57. The van der Waals surface area contributed by atoms with Gasteiger partial charge in [0, 0.05) is 32.7 Å². The number of amides is 1. The van der Waals surface area contributed by atoms with Crippen LogP contribution in [0.25, 0.3) is 0 Å². The molecule has 2 aromatic rings. The second-order valence-corrected chi connectivity index (χ2v) is 5.98. The third kappa shape index (κ3) is 5.47. The number of hydrogen-bond acceptors (Lipinski definition) is 6. The zero-order chi connectivity index (χ0) is 18.2. The van der Waals surface area contributed by atoms with Gasteiger partial charge in [0.05, 0.1) is 25.6 Å². The summed E-state index contributed by atoms with van der Waals surface area (Å²) in [6.45, 7) is 5.12. The first kappa shape index (κ1) is 18.2. The molecule has 1 saturated heterocycles. The van der Waals surface area contributed by atoms with Gasteiger partial charge in [-0.05, 0) is 17.7 Å². The molecule has 0 radical (unpaired) electrons. The molecule has 2 heterocycles. The van der Waals surface area contributed by atoms with Crippen LogP contribution in [0.4, 0.5) is 10.2 Å². The zero-order valence-corrected chi connectivity index (χ0v) is 14.4. The number of ether oxygens (including phenoxy) is 1. The molecule has 2 N–H and O–H groups in total. The van der Waals surface area contributed by atoms with Crippen LogP contribution in [0.1, 0.15) is 16.1 Å². The van der Waals surface area contributed by atoms with Crippen molar-refractivity contribution in [1.29, 1.82) is 0 Å². The predicted molar refractivity (Wildman–Crippen MR) is 95.4 cm³/mol. The maximum absolute atomic E-state index is 12.9. The number of benzene rings is 1. The van der Waals surface area contributed by atoms with Gasteiger partial charge in [0.2, 0.25) is 0 Å². The Kier molecular flexibility index (Phi) is 6.45. The highest BCUT2D eigenvalue weighted by Crippen LogP contribution is 2.07. The number of nitrogens with zero attached hydrogens (tertiary/aromatic N) is 3. The van der Waals surface area contributed by atoms with Crippen LogP contribution in [0.15, 0.2) is 36.7 Å². The standard InChI is InChI=1S/C18H22FN5O2/c19-15-3-1-14(2-4-15)11-22-17-13-21-16(12-23-17)18(25)20-5-6-24-7-9-26-10-8-24/h1-4,12-13H,5-11H2,(H,20,25)(H,22,23). The number of carbonyl (C=O) groups excluding carboxylic acids is 1. The van der Waals surface area contributed by atoms with Crippen LogP contribution < -0.4 is 10.6 Å². The molecule has 0 atom stereocenters. The number of rotatable bonds is 7. The Bertz CT molecular complexity index is 703. The van der Waals surface area contributed by atoms with Gasteiger partial charge >= 0.3 is 0 Å². The van der Waals surface area contributed by atoms with Gasteiger partial charge in [0.15, 0.2) is 0 Å². The lowest BCUT2D eigenvalue weighted by atomic mass is 10.2. The minimum Gasteiger partial charge on any atom is -0.379 e. The first-order valence-electron chi connectivity index (χ1n) is 8.59. The van der Waals surface area contributed by atoms with Gasteiger partial charge < -0.3 is 15.4 Å². The normalized spacial score (nSPS) is 14.8. The average molecular weight is 359 g/mol. The molecule has 1 aliphatic rings. The molecule has 1 amide bonds. The molecule has 1 aliphatic heterocycles. The molecule has 1 aromatic carbocycles. The molecule has 0 saturated carbocycles. The van der Waals surface area contributed by atoms with Crippen molar-refractivity contribution >= 4 is 11.7 Å². The van der Waals surface area contributed by atoms with Crippen LogP contribution in [0.3, 0.4) is 0 Å². The molecule has 0 unspecified atom stereocenters. The number of carbonyl (C=O) groups is 1. The van der Waals surface area contributed by atoms with E-state index in [0.29, 0.717) is 18.9 Å². The number of hydrogen-bond donors (Lipinski definition) is 2. The minimum absolute atomic E-state index is 0.240. The maximum Gasteiger partial charge on any atom is 0.271 e. The largest absolute Gasteiger partial charge is 0.379 e. The van der Waals surface area contributed by atoms with E-state index in [1.54, 1.807) is 12.1 Å². The highest BCUT2D eigenvalue weighted by Gasteiger charge is 2.11. The third-order valence-electron chi connectivity index (χ3n) is 4.09. The van der Waals surface area contributed by atoms with Crippen LogP contribution in [-0.2, 0) is 11.3 Å². The lowest BCUT2D eigenvalue weighted by Crippen LogP contribution is -2.41. The summed E-state index contributed by atoms with van der Waals surface area (Å²) in [5.41, 5.74) is 1.21. The van der Waals surface area contributed by atoms with Crippen molar-refractivity contribution in [1.82, 2.24) is 20.2 Å². The molecule has 7 nitrogen and oxygen atoms in total. The Morgan fingerprint density at radius 1 is 1.15 bits per heavy atom. The Morgan fingerprint density at radius 3 is 2.62 bits per heavy atom. The summed E-state index contributed by atoms with van der Waals surface area (Å²) in [7, 11) is 0. The van der Waals surface area contributed by atoms with E-state index in [1.165, 1.54) is 24.5 Å². The smallest absolute Gasteiger partial charge is 0.271 e. The van der Waals surface area contributed by atoms with E-state index >= 15 is 0 Å². The van der Waals surface area contributed by atoms with Crippen molar-refractivity contribution in [3.8, 4) is 0 Å². The predicted octanol–water partition coefficient (Wildman–Crippen LogP) is 1.29. The fraction of sp³-hybridized carbons (Fsp3) is 0.389. The summed E-state index contributed by atoms with van der Waals surface area (Å²) in [6, 6.07) is 6.22. The van der Waals surface area contributed by atoms with Crippen LogP contribution >= 0.6 is 0 Å². The van der Waals surface area contributed by atoms with Crippen LogP contribution in [0, 0.1) is 5.82 Å². The monoisotopic (exact) mass is 359 g/mol. The summed E-state index contributed by atoms with van der Waals surface area (Å²) in [4.78, 5) is 22.7. The van der Waals surface area contributed by atoms with Gasteiger partial charge in [0.25, 0.3) is 5.91 Å².